The van der Waals surface area contributed by atoms with Crippen molar-refractivity contribution >= 4 is 5.96 Å². The van der Waals surface area contributed by atoms with Crippen molar-refractivity contribution in [2.75, 3.05) is 40.3 Å². The maximum absolute atomic E-state index is 4.38. The maximum atomic E-state index is 4.38. The monoisotopic (exact) mass is 280 g/mol. The SMILES string of the molecule is CCC1(CNC(=NC)NCC2CCN(C)C2)CCCC1. The highest BCUT2D eigenvalue weighted by Gasteiger charge is 2.31. The zero-order valence-corrected chi connectivity index (χ0v) is 13.5. The molecular weight excluding hydrogens is 248 g/mol. The van der Waals surface area contributed by atoms with Crippen molar-refractivity contribution in [3.8, 4) is 0 Å². The lowest BCUT2D eigenvalue weighted by Gasteiger charge is -2.28. The number of rotatable bonds is 5. The number of hydrogen-bond acceptors (Lipinski definition) is 2. The molecule has 0 amide bonds. The molecule has 2 rings (SSSR count). The molecule has 0 aromatic rings. The van der Waals surface area contributed by atoms with Crippen LogP contribution < -0.4 is 10.6 Å². The second-order valence-corrected chi connectivity index (χ2v) is 6.78. The van der Waals surface area contributed by atoms with E-state index >= 15 is 0 Å². The van der Waals surface area contributed by atoms with Gasteiger partial charge in [-0.3, -0.25) is 4.99 Å². The molecule has 1 heterocycles. The van der Waals surface area contributed by atoms with E-state index in [4.69, 9.17) is 0 Å². The first kappa shape index (κ1) is 15.6. The van der Waals surface area contributed by atoms with Crippen LogP contribution in [-0.2, 0) is 0 Å². The fraction of sp³-hybridized carbons (Fsp3) is 0.938. The summed E-state index contributed by atoms with van der Waals surface area (Å²) in [5, 5.41) is 7.07. The molecule has 1 atom stereocenters. The molecule has 1 unspecified atom stereocenters. The van der Waals surface area contributed by atoms with E-state index in [1.165, 1.54) is 51.6 Å². The highest BCUT2D eigenvalue weighted by Crippen LogP contribution is 2.40. The van der Waals surface area contributed by atoms with E-state index in [0.717, 1.165) is 25.0 Å². The number of hydrogen-bond donors (Lipinski definition) is 2. The Labute approximate surface area is 124 Å². The molecule has 2 aliphatic rings. The summed E-state index contributed by atoms with van der Waals surface area (Å²) < 4.78 is 0. The zero-order valence-electron chi connectivity index (χ0n) is 13.5. The van der Waals surface area contributed by atoms with Crippen LogP contribution in [0.15, 0.2) is 4.99 Å². The molecule has 0 bridgehead atoms. The number of guanidine groups is 1. The van der Waals surface area contributed by atoms with Crippen LogP contribution in [0.25, 0.3) is 0 Å². The van der Waals surface area contributed by atoms with Crippen molar-refractivity contribution in [1.29, 1.82) is 0 Å². The number of nitrogens with one attached hydrogen (secondary N) is 2. The molecule has 116 valence electrons. The minimum absolute atomic E-state index is 0.519. The average Bonchev–Trinajstić information content (AvgIpc) is 3.09. The summed E-state index contributed by atoms with van der Waals surface area (Å²) in [4.78, 5) is 6.79. The molecule has 0 spiro atoms. The number of aliphatic imine (C=N–C) groups is 1. The van der Waals surface area contributed by atoms with Crippen LogP contribution in [0.4, 0.5) is 0 Å². The van der Waals surface area contributed by atoms with Crippen molar-refractivity contribution < 1.29 is 0 Å². The lowest BCUT2D eigenvalue weighted by molar-refractivity contribution is 0.283. The fourth-order valence-electron chi connectivity index (χ4n) is 3.71. The second-order valence-electron chi connectivity index (χ2n) is 6.78. The van der Waals surface area contributed by atoms with Gasteiger partial charge in [-0.15, -0.1) is 0 Å². The smallest absolute Gasteiger partial charge is 0.191 e. The summed E-state index contributed by atoms with van der Waals surface area (Å²) in [6.07, 6.45) is 8.14. The van der Waals surface area contributed by atoms with Crippen molar-refractivity contribution in [3.05, 3.63) is 0 Å². The van der Waals surface area contributed by atoms with Gasteiger partial charge < -0.3 is 15.5 Å². The van der Waals surface area contributed by atoms with Gasteiger partial charge in [-0.05, 0) is 50.6 Å². The van der Waals surface area contributed by atoms with Crippen LogP contribution in [0.1, 0.15) is 45.4 Å². The minimum Gasteiger partial charge on any atom is -0.356 e. The van der Waals surface area contributed by atoms with E-state index in [0.29, 0.717) is 5.41 Å². The highest BCUT2D eigenvalue weighted by atomic mass is 15.2. The minimum atomic E-state index is 0.519. The van der Waals surface area contributed by atoms with E-state index in [-0.39, 0.29) is 0 Å². The Morgan fingerprint density at radius 1 is 1.30 bits per heavy atom. The predicted octanol–water partition coefficient (Wildman–Crippen LogP) is 2.07. The first-order valence-corrected chi connectivity index (χ1v) is 8.30. The van der Waals surface area contributed by atoms with Gasteiger partial charge in [-0.2, -0.15) is 0 Å². The molecular formula is C16H32N4. The third-order valence-electron chi connectivity index (χ3n) is 5.32. The van der Waals surface area contributed by atoms with Crippen molar-refractivity contribution in [3.63, 3.8) is 0 Å². The molecule has 2 N–H and O–H groups in total. The molecule has 1 aliphatic heterocycles. The predicted molar refractivity (Wildman–Crippen MR) is 86.2 cm³/mol. The Balaban J connectivity index is 1.72. The third-order valence-corrected chi connectivity index (χ3v) is 5.32. The summed E-state index contributed by atoms with van der Waals surface area (Å²) in [5.74, 6) is 1.75. The van der Waals surface area contributed by atoms with Crippen molar-refractivity contribution in [2.45, 2.75) is 45.4 Å². The standard InChI is InChI=1S/C16H32N4/c1-4-16(8-5-6-9-16)13-19-15(17-2)18-11-14-7-10-20(3)12-14/h14H,4-13H2,1-3H3,(H2,17,18,19). The zero-order chi connectivity index (χ0) is 14.4. The average molecular weight is 280 g/mol. The van der Waals surface area contributed by atoms with Crippen LogP contribution in [-0.4, -0.2) is 51.1 Å². The Morgan fingerprint density at radius 3 is 2.60 bits per heavy atom. The summed E-state index contributed by atoms with van der Waals surface area (Å²) in [5.41, 5.74) is 0.519. The molecule has 1 aliphatic carbocycles. The summed E-state index contributed by atoms with van der Waals surface area (Å²) >= 11 is 0. The van der Waals surface area contributed by atoms with Gasteiger partial charge in [0.2, 0.25) is 0 Å². The Kier molecular flexibility index (Phi) is 5.70. The van der Waals surface area contributed by atoms with Gasteiger partial charge in [0, 0.05) is 26.7 Å². The van der Waals surface area contributed by atoms with E-state index in [9.17, 15) is 0 Å². The molecule has 4 nitrogen and oxygen atoms in total. The third kappa shape index (κ3) is 4.11. The van der Waals surface area contributed by atoms with Crippen LogP contribution in [0, 0.1) is 11.3 Å². The normalized spacial score (nSPS) is 26.9. The number of likely N-dealkylation sites (tertiary alicyclic amines) is 1. The first-order chi connectivity index (χ1) is 9.67. The maximum Gasteiger partial charge on any atom is 0.191 e. The van der Waals surface area contributed by atoms with Gasteiger partial charge in [-0.25, -0.2) is 0 Å². The van der Waals surface area contributed by atoms with E-state index in [2.05, 4.69) is 34.5 Å². The second kappa shape index (κ2) is 7.30. The quantitative estimate of drug-likeness (QED) is 0.598. The van der Waals surface area contributed by atoms with Crippen molar-refractivity contribution in [1.82, 2.24) is 15.5 Å². The molecule has 0 aromatic heterocycles. The molecule has 20 heavy (non-hydrogen) atoms. The molecule has 1 saturated carbocycles. The molecule has 0 aromatic carbocycles. The van der Waals surface area contributed by atoms with Gasteiger partial charge in [-0.1, -0.05) is 19.8 Å². The molecule has 4 heteroatoms. The van der Waals surface area contributed by atoms with Gasteiger partial charge in [0.15, 0.2) is 5.96 Å². The van der Waals surface area contributed by atoms with E-state index in [1.54, 1.807) is 0 Å². The first-order valence-electron chi connectivity index (χ1n) is 8.30. The van der Waals surface area contributed by atoms with Gasteiger partial charge in [0.05, 0.1) is 0 Å². The summed E-state index contributed by atoms with van der Waals surface area (Å²) in [6, 6.07) is 0. The topological polar surface area (TPSA) is 39.7 Å². The van der Waals surface area contributed by atoms with Gasteiger partial charge in [0.1, 0.15) is 0 Å². The Hall–Kier alpha value is -0.770. The Bertz CT molecular complexity index is 320. The molecule has 1 saturated heterocycles. The number of nitrogens with zero attached hydrogens (tertiary/aromatic N) is 2. The van der Waals surface area contributed by atoms with Crippen molar-refractivity contribution in [2.24, 2.45) is 16.3 Å². The largest absolute Gasteiger partial charge is 0.356 e. The lowest BCUT2D eigenvalue weighted by atomic mass is 9.83. The summed E-state index contributed by atoms with van der Waals surface area (Å²) in [6.45, 7) is 6.90. The van der Waals surface area contributed by atoms with Crippen LogP contribution >= 0.6 is 0 Å². The van der Waals surface area contributed by atoms with E-state index < -0.39 is 0 Å². The van der Waals surface area contributed by atoms with Gasteiger partial charge in [0.25, 0.3) is 0 Å². The van der Waals surface area contributed by atoms with E-state index in [1.807, 2.05) is 7.05 Å². The highest BCUT2D eigenvalue weighted by molar-refractivity contribution is 5.79. The molecule has 0 radical (unpaired) electrons. The van der Waals surface area contributed by atoms with Crippen LogP contribution in [0.2, 0.25) is 0 Å². The van der Waals surface area contributed by atoms with Crippen LogP contribution in [0.3, 0.4) is 0 Å². The molecule has 2 fully saturated rings. The summed E-state index contributed by atoms with van der Waals surface area (Å²) in [7, 11) is 4.08. The van der Waals surface area contributed by atoms with Crippen LogP contribution in [0.5, 0.6) is 0 Å². The Morgan fingerprint density at radius 2 is 2.05 bits per heavy atom. The fourth-order valence-corrected chi connectivity index (χ4v) is 3.71. The lowest BCUT2D eigenvalue weighted by Crippen LogP contribution is -2.44. The van der Waals surface area contributed by atoms with Gasteiger partial charge >= 0.3 is 0 Å².